The quantitative estimate of drug-likeness (QED) is 0.438. The molecule has 1 aliphatic heterocycles. The van der Waals surface area contributed by atoms with Crippen molar-refractivity contribution in [3.05, 3.63) is 0 Å². The van der Waals surface area contributed by atoms with Gasteiger partial charge in [0.05, 0.1) is 0 Å². The summed E-state index contributed by atoms with van der Waals surface area (Å²) in [5, 5.41) is 8.43. The largest absolute Gasteiger partial charge is 0.396 e. The third-order valence-electron chi connectivity index (χ3n) is 1.33. The van der Waals surface area contributed by atoms with Gasteiger partial charge >= 0.3 is 0 Å². The zero-order chi connectivity index (χ0) is 6.69. The SMILES string of the molecule is O=C1C[C@H](CCO)NN1. The lowest BCUT2D eigenvalue weighted by atomic mass is 10.2. The fraction of sp³-hybridized carbons (Fsp3) is 0.800. The van der Waals surface area contributed by atoms with Crippen LogP contribution in [0.3, 0.4) is 0 Å². The molecule has 0 unspecified atom stereocenters. The Bertz CT molecular complexity index is 116. The predicted molar refractivity (Wildman–Crippen MR) is 31.4 cm³/mol. The van der Waals surface area contributed by atoms with Gasteiger partial charge in [-0.1, -0.05) is 0 Å². The van der Waals surface area contributed by atoms with Crippen molar-refractivity contribution in [1.29, 1.82) is 0 Å². The normalized spacial score (nSPS) is 26.3. The minimum atomic E-state index is 0.00782. The first-order chi connectivity index (χ1) is 4.33. The van der Waals surface area contributed by atoms with Crippen LogP contribution in [0.2, 0.25) is 0 Å². The molecule has 9 heavy (non-hydrogen) atoms. The van der Waals surface area contributed by atoms with Crippen LogP contribution in [0.4, 0.5) is 0 Å². The first-order valence-electron chi connectivity index (χ1n) is 2.98. The molecule has 1 heterocycles. The summed E-state index contributed by atoms with van der Waals surface area (Å²) in [6, 6.07) is 0.127. The highest BCUT2D eigenvalue weighted by molar-refractivity contribution is 5.77. The van der Waals surface area contributed by atoms with Gasteiger partial charge in [-0.05, 0) is 6.42 Å². The number of nitrogens with one attached hydrogen (secondary N) is 2. The zero-order valence-electron chi connectivity index (χ0n) is 5.05. The molecule has 1 saturated heterocycles. The molecule has 52 valence electrons. The molecule has 0 aliphatic carbocycles. The van der Waals surface area contributed by atoms with Crippen LogP contribution in [-0.4, -0.2) is 23.7 Å². The van der Waals surface area contributed by atoms with Gasteiger partial charge in [0.25, 0.3) is 0 Å². The van der Waals surface area contributed by atoms with E-state index in [1.165, 1.54) is 0 Å². The van der Waals surface area contributed by atoms with E-state index < -0.39 is 0 Å². The Morgan fingerprint density at radius 2 is 2.56 bits per heavy atom. The van der Waals surface area contributed by atoms with Crippen LogP contribution in [0.1, 0.15) is 12.8 Å². The maximum Gasteiger partial charge on any atom is 0.235 e. The summed E-state index contributed by atoms with van der Waals surface area (Å²) in [6.45, 7) is 0.132. The molecule has 0 bridgehead atoms. The molecule has 1 rings (SSSR count). The lowest BCUT2D eigenvalue weighted by Crippen LogP contribution is -2.31. The minimum absolute atomic E-state index is 0.00782. The van der Waals surface area contributed by atoms with Gasteiger partial charge in [-0.3, -0.25) is 10.2 Å². The average molecular weight is 130 g/mol. The second-order valence-electron chi connectivity index (χ2n) is 2.11. The molecular weight excluding hydrogens is 120 g/mol. The number of carbonyl (C=O) groups is 1. The van der Waals surface area contributed by atoms with Crippen molar-refractivity contribution < 1.29 is 9.90 Å². The number of hydrogen-bond acceptors (Lipinski definition) is 3. The van der Waals surface area contributed by atoms with Gasteiger partial charge in [0.15, 0.2) is 0 Å². The molecule has 0 aromatic carbocycles. The number of aliphatic hydroxyl groups is 1. The van der Waals surface area contributed by atoms with E-state index in [1.54, 1.807) is 0 Å². The van der Waals surface area contributed by atoms with E-state index >= 15 is 0 Å². The van der Waals surface area contributed by atoms with Crippen LogP contribution in [0.15, 0.2) is 0 Å². The van der Waals surface area contributed by atoms with Crippen LogP contribution >= 0.6 is 0 Å². The van der Waals surface area contributed by atoms with Crippen molar-refractivity contribution in [2.75, 3.05) is 6.61 Å². The van der Waals surface area contributed by atoms with Crippen molar-refractivity contribution >= 4 is 5.91 Å². The van der Waals surface area contributed by atoms with Gasteiger partial charge in [0.1, 0.15) is 0 Å². The number of hydrogen-bond donors (Lipinski definition) is 3. The van der Waals surface area contributed by atoms with Gasteiger partial charge in [-0.15, -0.1) is 0 Å². The standard InChI is InChI=1S/C5H10N2O2/c8-2-1-4-3-5(9)7-6-4/h4,6,8H,1-3H2,(H,7,9)/t4-/m0/s1. The van der Waals surface area contributed by atoms with Crippen molar-refractivity contribution in [3.8, 4) is 0 Å². The summed E-state index contributed by atoms with van der Waals surface area (Å²) in [5.41, 5.74) is 5.20. The highest BCUT2D eigenvalue weighted by Crippen LogP contribution is 2.00. The van der Waals surface area contributed by atoms with Gasteiger partial charge in [0.2, 0.25) is 5.91 Å². The highest BCUT2D eigenvalue weighted by atomic mass is 16.3. The van der Waals surface area contributed by atoms with Crippen molar-refractivity contribution in [2.24, 2.45) is 0 Å². The fourth-order valence-electron chi connectivity index (χ4n) is 0.838. The first-order valence-corrected chi connectivity index (χ1v) is 2.98. The molecular formula is C5H10N2O2. The molecule has 4 heteroatoms. The Morgan fingerprint density at radius 1 is 1.78 bits per heavy atom. The van der Waals surface area contributed by atoms with Crippen LogP contribution in [-0.2, 0) is 4.79 Å². The predicted octanol–water partition coefficient (Wildman–Crippen LogP) is -1.24. The third kappa shape index (κ3) is 1.65. The van der Waals surface area contributed by atoms with Crippen LogP contribution in [0.5, 0.6) is 0 Å². The lowest BCUT2D eigenvalue weighted by molar-refractivity contribution is -0.119. The van der Waals surface area contributed by atoms with Crippen molar-refractivity contribution in [3.63, 3.8) is 0 Å². The molecule has 1 aliphatic rings. The summed E-state index contributed by atoms with van der Waals surface area (Å²) >= 11 is 0. The number of aliphatic hydroxyl groups excluding tert-OH is 1. The molecule has 1 amide bonds. The molecule has 0 aromatic rings. The van der Waals surface area contributed by atoms with Crippen LogP contribution in [0.25, 0.3) is 0 Å². The topological polar surface area (TPSA) is 61.4 Å². The molecule has 1 atom stereocenters. The number of hydrazine groups is 1. The summed E-state index contributed by atoms with van der Waals surface area (Å²) < 4.78 is 0. The Kier molecular flexibility index (Phi) is 2.02. The Morgan fingerprint density at radius 3 is 3.00 bits per heavy atom. The van der Waals surface area contributed by atoms with Crippen LogP contribution in [0, 0.1) is 0 Å². The van der Waals surface area contributed by atoms with Crippen molar-refractivity contribution in [1.82, 2.24) is 10.9 Å². The Balaban J connectivity index is 2.22. The van der Waals surface area contributed by atoms with E-state index in [2.05, 4.69) is 10.9 Å². The Hall–Kier alpha value is -0.610. The van der Waals surface area contributed by atoms with Crippen molar-refractivity contribution in [2.45, 2.75) is 18.9 Å². The summed E-state index contributed by atoms with van der Waals surface area (Å²) in [5.74, 6) is 0.00782. The first kappa shape index (κ1) is 6.51. The second-order valence-corrected chi connectivity index (χ2v) is 2.11. The van der Waals surface area contributed by atoms with Gasteiger partial charge in [0, 0.05) is 19.1 Å². The third-order valence-corrected chi connectivity index (χ3v) is 1.33. The summed E-state index contributed by atoms with van der Waals surface area (Å²) in [4.78, 5) is 10.5. The van der Waals surface area contributed by atoms with Gasteiger partial charge in [-0.25, -0.2) is 5.43 Å². The fourth-order valence-corrected chi connectivity index (χ4v) is 0.838. The molecule has 4 nitrogen and oxygen atoms in total. The van der Waals surface area contributed by atoms with Gasteiger partial charge < -0.3 is 5.11 Å². The van der Waals surface area contributed by atoms with Gasteiger partial charge in [-0.2, -0.15) is 0 Å². The van der Waals surface area contributed by atoms with E-state index in [1.807, 2.05) is 0 Å². The Labute approximate surface area is 53.2 Å². The lowest BCUT2D eigenvalue weighted by Gasteiger charge is -2.02. The zero-order valence-corrected chi connectivity index (χ0v) is 5.05. The van der Waals surface area contributed by atoms with E-state index in [9.17, 15) is 4.79 Å². The second kappa shape index (κ2) is 2.80. The van der Waals surface area contributed by atoms with Crippen LogP contribution < -0.4 is 10.9 Å². The monoisotopic (exact) mass is 130 g/mol. The minimum Gasteiger partial charge on any atom is -0.396 e. The molecule has 0 saturated carbocycles. The molecule has 1 fully saturated rings. The van der Waals surface area contributed by atoms with E-state index in [-0.39, 0.29) is 18.6 Å². The van der Waals surface area contributed by atoms with E-state index in [0.29, 0.717) is 12.8 Å². The number of carbonyl (C=O) groups excluding carboxylic acids is 1. The molecule has 0 radical (unpaired) electrons. The molecule has 3 N–H and O–H groups in total. The number of amides is 1. The summed E-state index contributed by atoms with van der Waals surface area (Å²) in [6.07, 6.45) is 1.12. The van der Waals surface area contributed by atoms with E-state index in [0.717, 1.165) is 0 Å². The van der Waals surface area contributed by atoms with E-state index in [4.69, 9.17) is 5.11 Å². The maximum absolute atomic E-state index is 10.5. The maximum atomic E-state index is 10.5. The summed E-state index contributed by atoms with van der Waals surface area (Å²) in [7, 11) is 0. The highest BCUT2D eigenvalue weighted by Gasteiger charge is 2.19. The molecule has 0 spiro atoms. The number of rotatable bonds is 2. The molecule has 0 aromatic heterocycles. The average Bonchev–Trinajstić information content (AvgIpc) is 2.17. The smallest absolute Gasteiger partial charge is 0.235 e.